The molecule has 5 nitrogen and oxygen atoms in total. The van der Waals surface area contributed by atoms with Gasteiger partial charge in [0, 0.05) is 6.54 Å². The molecule has 0 bridgehead atoms. The van der Waals surface area contributed by atoms with E-state index >= 15 is 0 Å². The molecule has 1 unspecified atom stereocenters. The largest absolute Gasteiger partial charge is 0.495 e. The van der Waals surface area contributed by atoms with Crippen molar-refractivity contribution in [1.29, 1.82) is 5.26 Å². The summed E-state index contributed by atoms with van der Waals surface area (Å²) in [7, 11) is 1.51. The zero-order valence-corrected chi connectivity index (χ0v) is 10.7. The van der Waals surface area contributed by atoms with Crippen LogP contribution in [0.3, 0.4) is 0 Å². The third-order valence-corrected chi connectivity index (χ3v) is 3.27. The number of hydrogen-bond acceptors (Lipinski definition) is 4. The Hall–Kier alpha value is -2.06. The van der Waals surface area contributed by atoms with E-state index < -0.39 is 12.0 Å². The van der Waals surface area contributed by atoms with Gasteiger partial charge in [0.05, 0.1) is 12.7 Å². The van der Waals surface area contributed by atoms with E-state index in [9.17, 15) is 4.79 Å². The Labute approximate surface area is 111 Å². The quantitative estimate of drug-likeness (QED) is 0.810. The molecule has 1 aliphatic carbocycles. The molecular formula is C14H16N2O3. The molecule has 100 valence electrons. The van der Waals surface area contributed by atoms with E-state index in [1.807, 2.05) is 6.07 Å². The number of methoxy groups -OCH3 is 1. The maximum Gasteiger partial charge on any atom is 0.320 e. The average molecular weight is 260 g/mol. The van der Waals surface area contributed by atoms with Crippen LogP contribution in [-0.4, -0.2) is 24.2 Å². The maximum atomic E-state index is 11.1. The first-order valence-corrected chi connectivity index (χ1v) is 6.19. The van der Waals surface area contributed by atoms with Crippen LogP contribution in [0.1, 0.15) is 24.0 Å². The first-order chi connectivity index (χ1) is 9.15. The number of carboxylic acids is 1. The van der Waals surface area contributed by atoms with E-state index in [-0.39, 0.29) is 5.92 Å². The third kappa shape index (κ3) is 3.24. The molecule has 1 saturated carbocycles. The summed E-state index contributed by atoms with van der Waals surface area (Å²) in [4.78, 5) is 11.1. The van der Waals surface area contributed by atoms with Crippen LogP contribution in [0.25, 0.3) is 0 Å². The number of hydrogen-bond donors (Lipinski definition) is 2. The lowest BCUT2D eigenvalue weighted by Crippen LogP contribution is -2.38. The fourth-order valence-corrected chi connectivity index (χ4v) is 2.05. The number of nitriles is 1. The van der Waals surface area contributed by atoms with Gasteiger partial charge in [-0.15, -0.1) is 0 Å². The molecule has 2 N–H and O–H groups in total. The number of benzene rings is 1. The highest BCUT2D eigenvalue weighted by molar-refractivity contribution is 5.74. The number of carboxylic acid groups (broad SMARTS) is 1. The highest BCUT2D eigenvalue weighted by Crippen LogP contribution is 2.33. The lowest BCUT2D eigenvalue weighted by Gasteiger charge is -2.14. The van der Waals surface area contributed by atoms with Crippen molar-refractivity contribution in [3.8, 4) is 11.8 Å². The first kappa shape index (κ1) is 13.4. The van der Waals surface area contributed by atoms with Crippen molar-refractivity contribution in [3.05, 3.63) is 29.3 Å². The van der Waals surface area contributed by atoms with Crippen LogP contribution in [0, 0.1) is 17.2 Å². The molecule has 1 fully saturated rings. The highest BCUT2D eigenvalue weighted by atomic mass is 16.5. The minimum Gasteiger partial charge on any atom is -0.495 e. The summed E-state index contributed by atoms with van der Waals surface area (Å²) in [5.41, 5.74) is 1.38. The molecule has 1 aromatic carbocycles. The summed E-state index contributed by atoms with van der Waals surface area (Å²) in [5.74, 6) is -0.0408. The van der Waals surface area contributed by atoms with Gasteiger partial charge in [0.25, 0.3) is 0 Å². The van der Waals surface area contributed by atoms with Crippen molar-refractivity contribution in [3.63, 3.8) is 0 Å². The van der Waals surface area contributed by atoms with Gasteiger partial charge in [-0.3, -0.25) is 4.79 Å². The van der Waals surface area contributed by atoms with E-state index in [4.69, 9.17) is 15.1 Å². The van der Waals surface area contributed by atoms with E-state index in [0.29, 0.717) is 17.9 Å². The third-order valence-electron chi connectivity index (χ3n) is 3.27. The van der Waals surface area contributed by atoms with Crippen molar-refractivity contribution >= 4 is 5.97 Å². The molecule has 1 aliphatic rings. The summed E-state index contributed by atoms with van der Waals surface area (Å²) in [5, 5.41) is 21.1. The van der Waals surface area contributed by atoms with Crippen LogP contribution >= 0.6 is 0 Å². The Balaban J connectivity index is 2.03. The summed E-state index contributed by atoms with van der Waals surface area (Å²) in [6, 6.07) is 6.81. The minimum absolute atomic E-state index is 0.248. The molecule has 1 aromatic rings. The van der Waals surface area contributed by atoms with Crippen molar-refractivity contribution in [2.45, 2.75) is 25.4 Å². The van der Waals surface area contributed by atoms with Gasteiger partial charge in [0.2, 0.25) is 0 Å². The summed E-state index contributed by atoms with van der Waals surface area (Å²) < 4.78 is 5.12. The van der Waals surface area contributed by atoms with Crippen LogP contribution in [0.15, 0.2) is 18.2 Å². The summed E-state index contributed by atoms with van der Waals surface area (Å²) in [6.45, 7) is 0.454. The van der Waals surface area contributed by atoms with E-state index in [0.717, 1.165) is 18.4 Å². The number of nitrogens with one attached hydrogen (secondary N) is 1. The number of nitrogens with zero attached hydrogens (tertiary/aromatic N) is 1. The van der Waals surface area contributed by atoms with Gasteiger partial charge >= 0.3 is 5.97 Å². The van der Waals surface area contributed by atoms with Crippen LogP contribution in [0.5, 0.6) is 5.75 Å². The van der Waals surface area contributed by atoms with Crippen LogP contribution in [0.4, 0.5) is 0 Å². The molecular weight excluding hydrogens is 244 g/mol. The predicted octanol–water partition coefficient (Wildman–Crippen LogP) is 1.52. The Morgan fingerprint density at radius 1 is 1.63 bits per heavy atom. The fraction of sp³-hybridized carbons (Fsp3) is 0.429. The molecule has 0 aromatic heterocycles. The molecule has 19 heavy (non-hydrogen) atoms. The van der Waals surface area contributed by atoms with Gasteiger partial charge in [-0.25, -0.2) is 0 Å². The van der Waals surface area contributed by atoms with Gasteiger partial charge in [0.15, 0.2) is 0 Å². The molecule has 0 aliphatic heterocycles. The Kier molecular flexibility index (Phi) is 4.03. The minimum atomic E-state index is -0.803. The van der Waals surface area contributed by atoms with Crippen LogP contribution in [-0.2, 0) is 11.3 Å². The second kappa shape index (κ2) is 5.72. The van der Waals surface area contributed by atoms with Crippen molar-refractivity contribution < 1.29 is 14.6 Å². The number of aliphatic carboxylic acids is 1. The molecule has 0 heterocycles. The SMILES string of the molecule is COc1cc(CNC(C(=O)O)C2CC2)ccc1C#N. The van der Waals surface area contributed by atoms with E-state index in [1.54, 1.807) is 18.2 Å². The van der Waals surface area contributed by atoms with E-state index in [2.05, 4.69) is 5.32 Å². The second-order valence-electron chi connectivity index (χ2n) is 4.68. The lowest BCUT2D eigenvalue weighted by atomic mass is 10.1. The smallest absolute Gasteiger partial charge is 0.320 e. The topological polar surface area (TPSA) is 82.3 Å². The molecule has 5 heteroatoms. The summed E-state index contributed by atoms with van der Waals surface area (Å²) >= 11 is 0. The van der Waals surface area contributed by atoms with Crippen molar-refractivity contribution in [1.82, 2.24) is 5.32 Å². The predicted molar refractivity (Wildman–Crippen MR) is 68.7 cm³/mol. The number of rotatable bonds is 6. The van der Waals surface area contributed by atoms with Gasteiger partial charge in [-0.05, 0) is 36.5 Å². The number of ether oxygens (including phenoxy) is 1. The van der Waals surface area contributed by atoms with Crippen molar-refractivity contribution in [2.75, 3.05) is 7.11 Å². The maximum absolute atomic E-state index is 11.1. The van der Waals surface area contributed by atoms with Crippen LogP contribution < -0.4 is 10.1 Å². The van der Waals surface area contributed by atoms with Gasteiger partial charge in [0.1, 0.15) is 17.9 Å². The molecule has 2 rings (SSSR count). The van der Waals surface area contributed by atoms with Crippen molar-refractivity contribution in [2.24, 2.45) is 5.92 Å². The van der Waals surface area contributed by atoms with Gasteiger partial charge < -0.3 is 15.2 Å². The normalized spacial score (nSPS) is 15.6. The molecule has 1 atom stereocenters. The first-order valence-electron chi connectivity index (χ1n) is 6.19. The zero-order valence-electron chi connectivity index (χ0n) is 10.7. The Morgan fingerprint density at radius 2 is 2.37 bits per heavy atom. The zero-order chi connectivity index (χ0) is 13.8. The second-order valence-corrected chi connectivity index (χ2v) is 4.68. The Bertz CT molecular complexity index is 518. The molecule has 0 radical (unpaired) electrons. The highest BCUT2D eigenvalue weighted by Gasteiger charge is 2.35. The van der Waals surface area contributed by atoms with Crippen LogP contribution in [0.2, 0.25) is 0 Å². The standard InChI is InChI=1S/C14H16N2O3/c1-19-12-6-9(2-3-11(12)7-15)8-16-13(14(17)18)10-4-5-10/h2-3,6,10,13,16H,4-5,8H2,1H3,(H,17,18). The van der Waals surface area contributed by atoms with E-state index in [1.165, 1.54) is 7.11 Å². The number of carbonyl (C=O) groups is 1. The van der Waals surface area contributed by atoms with Gasteiger partial charge in [-0.1, -0.05) is 6.07 Å². The summed E-state index contributed by atoms with van der Waals surface area (Å²) in [6.07, 6.45) is 1.95. The van der Waals surface area contributed by atoms with Gasteiger partial charge in [-0.2, -0.15) is 5.26 Å². The monoisotopic (exact) mass is 260 g/mol. The molecule has 0 amide bonds. The lowest BCUT2D eigenvalue weighted by molar-refractivity contribution is -0.140. The molecule has 0 spiro atoms. The Morgan fingerprint density at radius 3 is 2.89 bits per heavy atom. The fourth-order valence-electron chi connectivity index (χ4n) is 2.05. The average Bonchev–Trinajstić information content (AvgIpc) is 3.23. The molecule has 0 saturated heterocycles.